The molecule has 0 saturated carbocycles. The third-order valence-electron chi connectivity index (χ3n) is 3.64. The molecule has 2 heterocycles. The average molecular weight is 334 g/mol. The van der Waals surface area contributed by atoms with Gasteiger partial charge in [0.05, 0.1) is 12.7 Å². The van der Waals surface area contributed by atoms with Gasteiger partial charge >= 0.3 is 12.1 Å². The minimum atomic E-state index is -4.35. The first-order valence-electron chi connectivity index (χ1n) is 7.09. The number of carbonyl (C=O) groups excluding carboxylic acids is 1. The molecule has 0 bridgehead atoms. The van der Waals surface area contributed by atoms with Crippen LogP contribution in [0.25, 0.3) is 11.0 Å². The Hall–Kier alpha value is -2.83. The lowest BCUT2D eigenvalue weighted by Crippen LogP contribution is -2.07. The Morgan fingerprint density at radius 1 is 1.12 bits per heavy atom. The van der Waals surface area contributed by atoms with E-state index in [2.05, 4.69) is 9.72 Å². The molecule has 0 unspecified atom stereocenters. The maximum Gasteiger partial charge on any atom is 0.416 e. The predicted molar refractivity (Wildman–Crippen MR) is 81.6 cm³/mol. The van der Waals surface area contributed by atoms with Crippen LogP contribution in [0.1, 0.15) is 21.6 Å². The summed E-state index contributed by atoms with van der Waals surface area (Å²) < 4.78 is 44.2. The molecule has 0 radical (unpaired) electrons. The van der Waals surface area contributed by atoms with Crippen molar-refractivity contribution in [1.29, 1.82) is 0 Å². The third-order valence-corrected chi connectivity index (χ3v) is 3.64. The van der Waals surface area contributed by atoms with E-state index < -0.39 is 17.7 Å². The van der Waals surface area contributed by atoms with E-state index in [-0.39, 0.29) is 5.69 Å². The van der Waals surface area contributed by atoms with Gasteiger partial charge in [-0.05, 0) is 35.9 Å². The number of halogens is 3. The highest BCUT2D eigenvalue weighted by molar-refractivity contribution is 5.90. The number of aromatic nitrogens is 2. The van der Waals surface area contributed by atoms with Crippen LogP contribution in [0.3, 0.4) is 0 Å². The molecule has 0 aliphatic carbocycles. The average Bonchev–Trinajstić information content (AvgIpc) is 2.96. The molecule has 7 heteroatoms. The largest absolute Gasteiger partial charge is 0.464 e. The van der Waals surface area contributed by atoms with E-state index in [1.54, 1.807) is 22.9 Å². The summed E-state index contributed by atoms with van der Waals surface area (Å²) in [5, 5.41) is 0.828. The molecule has 124 valence electrons. The van der Waals surface area contributed by atoms with Gasteiger partial charge in [0.15, 0.2) is 5.69 Å². The van der Waals surface area contributed by atoms with Crippen molar-refractivity contribution in [1.82, 2.24) is 9.55 Å². The highest BCUT2D eigenvalue weighted by atomic mass is 19.4. The molecule has 0 aliphatic rings. The second-order valence-corrected chi connectivity index (χ2v) is 5.24. The number of hydrogen-bond donors (Lipinski definition) is 0. The fourth-order valence-electron chi connectivity index (χ4n) is 2.40. The van der Waals surface area contributed by atoms with Gasteiger partial charge in [0, 0.05) is 18.1 Å². The van der Waals surface area contributed by atoms with Crippen LogP contribution in [0, 0.1) is 0 Å². The van der Waals surface area contributed by atoms with Gasteiger partial charge in [-0.15, -0.1) is 0 Å². The summed E-state index contributed by atoms with van der Waals surface area (Å²) in [6, 6.07) is 10.1. The molecule has 3 rings (SSSR count). The zero-order valence-corrected chi connectivity index (χ0v) is 12.7. The molecule has 0 fully saturated rings. The van der Waals surface area contributed by atoms with Crippen LogP contribution in [-0.4, -0.2) is 22.6 Å². The van der Waals surface area contributed by atoms with Crippen molar-refractivity contribution in [3.05, 3.63) is 65.5 Å². The van der Waals surface area contributed by atoms with Gasteiger partial charge in [-0.3, -0.25) is 0 Å². The first-order valence-corrected chi connectivity index (χ1v) is 7.09. The number of methoxy groups -OCH3 is 1. The van der Waals surface area contributed by atoms with Crippen LogP contribution in [-0.2, 0) is 17.5 Å². The number of nitrogens with zero attached hydrogens (tertiary/aromatic N) is 2. The molecule has 24 heavy (non-hydrogen) atoms. The van der Waals surface area contributed by atoms with Crippen LogP contribution < -0.4 is 0 Å². The van der Waals surface area contributed by atoms with Crippen molar-refractivity contribution in [2.24, 2.45) is 0 Å². The number of alkyl halides is 3. The van der Waals surface area contributed by atoms with Crippen molar-refractivity contribution in [3.8, 4) is 0 Å². The molecular formula is C17H13F3N2O2. The summed E-state index contributed by atoms with van der Waals surface area (Å²) in [5.41, 5.74) is 0.760. The Labute approximate surface area is 135 Å². The summed E-state index contributed by atoms with van der Waals surface area (Å²) in [6.07, 6.45) is -2.58. The molecule has 0 amide bonds. The Morgan fingerprint density at radius 2 is 1.83 bits per heavy atom. The van der Waals surface area contributed by atoms with Gasteiger partial charge < -0.3 is 9.30 Å². The lowest BCUT2D eigenvalue weighted by molar-refractivity contribution is -0.137. The zero-order chi connectivity index (χ0) is 17.3. The lowest BCUT2D eigenvalue weighted by atomic mass is 10.1. The first-order chi connectivity index (χ1) is 11.4. The van der Waals surface area contributed by atoms with E-state index in [0.29, 0.717) is 17.8 Å². The van der Waals surface area contributed by atoms with Crippen molar-refractivity contribution in [3.63, 3.8) is 0 Å². The van der Waals surface area contributed by atoms with Crippen LogP contribution >= 0.6 is 0 Å². The van der Waals surface area contributed by atoms with E-state index >= 15 is 0 Å². The standard InChI is InChI=1S/C17H13F3N2O2/c1-24-16(23)14-7-4-12-8-9-22(15(12)21-14)10-11-2-5-13(6-3-11)17(18,19)20/h2-9H,10H2,1H3. The predicted octanol–water partition coefficient (Wildman–Crippen LogP) is 3.89. The van der Waals surface area contributed by atoms with Gasteiger partial charge in [-0.25, -0.2) is 9.78 Å². The number of fused-ring (bicyclic) bond motifs is 1. The zero-order valence-electron chi connectivity index (χ0n) is 12.7. The number of esters is 1. The molecule has 0 saturated heterocycles. The molecule has 0 N–H and O–H groups in total. The van der Waals surface area contributed by atoms with Gasteiger partial charge in [0.2, 0.25) is 0 Å². The molecule has 0 aliphatic heterocycles. The van der Waals surface area contributed by atoms with Gasteiger partial charge in [0.1, 0.15) is 5.65 Å². The molecule has 0 atom stereocenters. The number of benzene rings is 1. The summed E-state index contributed by atoms with van der Waals surface area (Å²) in [7, 11) is 1.27. The summed E-state index contributed by atoms with van der Waals surface area (Å²) in [6.45, 7) is 0.346. The van der Waals surface area contributed by atoms with Crippen molar-refractivity contribution in [2.45, 2.75) is 12.7 Å². The minimum Gasteiger partial charge on any atom is -0.464 e. The monoisotopic (exact) mass is 334 g/mol. The topological polar surface area (TPSA) is 44.1 Å². The molecule has 2 aromatic heterocycles. The highest BCUT2D eigenvalue weighted by Gasteiger charge is 2.29. The van der Waals surface area contributed by atoms with E-state index in [1.807, 2.05) is 6.07 Å². The van der Waals surface area contributed by atoms with Crippen molar-refractivity contribution >= 4 is 17.0 Å². The van der Waals surface area contributed by atoms with Gasteiger partial charge in [0.25, 0.3) is 0 Å². The van der Waals surface area contributed by atoms with Crippen molar-refractivity contribution in [2.75, 3.05) is 7.11 Å². The molecule has 3 aromatic rings. The fourth-order valence-corrected chi connectivity index (χ4v) is 2.40. The van der Waals surface area contributed by atoms with E-state index in [9.17, 15) is 18.0 Å². The molecular weight excluding hydrogens is 321 g/mol. The molecule has 0 spiro atoms. The smallest absolute Gasteiger partial charge is 0.416 e. The van der Waals surface area contributed by atoms with Crippen LogP contribution in [0.2, 0.25) is 0 Å². The van der Waals surface area contributed by atoms with Crippen LogP contribution in [0.4, 0.5) is 13.2 Å². The second-order valence-electron chi connectivity index (χ2n) is 5.24. The number of rotatable bonds is 3. The lowest BCUT2D eigenvalue weighted by Gasteiger charge is -2.09. The fraction of sp³-hybridized carbons (Fsp3) is 0.176. The third kappa shape index (κ3) is 3.10. The number of hydrogen-bond acceptors (Lipinski definition) is 3. The summed E-state index contributed by atoms with van der Waals surface area (Å²) in [4.78, 5) is 15.8. The van der Waals surface area contributed by atoms with Gasteiger partial charge in [-0.1, -0.05) is 12.1 Å². The van der Waals surface area contributed by atoms with Crippen molar-refractivity contribution < 1.29 is 22.7 Å². The van der Waals surface area contributed by atoms with Crippen LogP contribution in [0.5, 0.6) is 0 Å². The maximum absolute atomic E-state index is 12.6. The number of ether oxygens (including phenoxy) is 1. The Bertz CT molecular complexity index is 883. The Kier molecular flexibility index (Phi) is 4.01. The molecule has 4 nitrogen and oxygen atoms in total. The summed E-state index contributed by atoms with van der Waals surface area (Å²) >= 11 is 0. The van der Waals surface area contributed by atoms with E-state index in [1.165, 1.54) is 19.2 Å². The maximum atomic E-state index is 12.6. The first kappa shape index (κ1) is 16.0. The number of carbonyl (C=O) groups is 1. The van der Waals surface area contributed by atoms with E-state index in [4.69, 9.17) is 0 Å². The normalized spacial score (nSPS) is 11.7. The Morgan fingerprint density at radius 3 is 2.46 bits per heavy atom. The van der Waals surface area contributed by atoms with Crippen LogP contribution in [0.15, 0.2) is 48.7 Å². The quantitative estimate of drug-likeness (QED) is 0.683. The summed E-state index contributed by atoms with van der Waals surface area (Å²) in [5.74, 6) is -0.542. The number of pyridine rings is 1. The molecule has 1 aromatic carbocycles. The SMILES string of the molecule is COC(=O)c1ccc2ccn(Cc3ccc(C(F)(F)F)cc3)c2n1. The van der Waals surface area contributed by atoms with Gasteiger partial charge in [-0.2, -0.15) is 13.2 Å². The minimum absolute atomic E-state index is 0.178. The second kappa shape index (κ2) is 5.99. The van der Waals surface area contributed by atoms with E-state index in [0.717, 1.165) is 17.5 Å². The highest BCUT2D eigenvalue weighted by Crippen LogP contribution is 2.29. The Balaban J connectivity index is 1.91.